The summed E-state index contributed by atoms with van der Waals surface area (Å²) in [5, 5.41) is 3.93. The summed E-state index contributed by atoms with van der Waals surface area (Å²) < 4.78 is 48.5. The van der Waals surface area contributed by atoms with E-state index in [0.717, 1.165) is 19.2 Å². The number of hydrogen-bond acceptors (Lipinski definition) is 10. The fourth-order valence-electron chi connectivity index (χ4n) is 4.19. The van der Waals surface area contributed by atoms with E-state index in [0.29, 0.717) is 47.2 Å². The molecule has 3 aromatic rings. The third-order valence-electron chi connectivity index (χ3n) is 6.41. The number of alkyl halides is 3. The molecule has 1 aliphatic rings. The number of carbonyl (C=O) groups excluding carboxylic acids is 1. The third kappa shape index (κ3) is 7.77. The van der Waals surface area contributed by atoms with Crippen LogP contribution < -0.4 is 36.3 Å². The fourth-order valence-corrected chi connectivity index (χ4v) is 4.19. The number of piperazine rings is 1. The SMILES string of the molecule is COc1cncc(/C(N)=C/N(N)c2cc(NC(=O)c3cc(OC(F)(F)F)cc(N4CCN(C)CC4)c3)cnc2C)c1. The van der Waals surface area contributed by atoms with Crippen LogP contribution in [0.15, 0.2) is 55.1 Å². The Kier molecular flexibility index (Phi) is 8.83. The Balaban J connectivity index is 1.58. The monoisotopic (exact) mass is 572 g/mol. The highest BCUT2D eigenvalue weighted by Crippen LogP contribution is 2.30. The largest absolute Gasteiger partial charge is 0.573 e. The highest BCUT2D eigenvalue weighted by molar-refractivity contribution is 6.05. The molecule has 1 amide bonds. The average Bonchev–Trinajstić information content (AvgIpc) is 2.93. The summed E-state index contributed by atoms with van der Waals surface area (Å²) in [6.45, 7) is 4.36. The van der Waals surface area contributed by atoms with Gasteiger partial charge in [-0.25, -0.2) is 5.84 Å². The second kappa shape index (κ2) is 12.3. The molecular weight excluding hydrogens is 541 g/mol. The number of hydrazine groups is 1. The molecule has 3 heterocycles. The summed E-state index contributed by atoms with van der Waals surface area (Å²) in [6.07, 6.45) is 1.06. The van der Waals surface area contributed by atoms with Crippen molar-refractivity contribution in [3.05, 3.63) is 71.9 Å². The van der Waals surface area contributed by atoms with Gasteiger partial charge in [0.2, 0.25) is 0 Å². The van der Waals surface area contributed by atoms with Crippen LogP contribution in [0.1, 0.15) is 21.6 Å². The number of amides is 1. The lowest BCUT2D eigenvalue weighted by atomic mass is 10.1. The molecule has 0 atom stereocenters. The number of nitrogens with two attached hydrogens (primary N) is 2. The third-order valence-corrected chi connectivity index (χ3v) is 6.41. The number of benzene rings is 1. The molecule has 1 fully saturated rings. The number of nitrogens with zero attached hydrogens (tertiary/aromatic N) is 5. The van der Waals surface area contributed by atoms with Gasteiger partial charge >= 0.3 is 6.36 Å². The van der Waals surface area contributed by atoms with E-state index in [9.17, 15) is 18.0 Å². The molecule has 0 saturated carbocycles. The van der Waals surface area contributed by atoms with Gasteiger partial charge in [-0.05, 0) is 38.2 Å². The highest BCUT2D eigenvalue weighted by atomic mass is 19.4. The number of anilines is 3. The Morgan fingerprint density at radius 2 is 1.76 bits per heavy atom. The van der Waals surface area contributed by atoms with E-state index < -0.39 is 18.0 Å². The van der Waals surface area contributed by atoms with Crippen molar-refractivity contribution < 1.29 is 27.4 Å². The zero-order valence-corrected chi connectivity index (χ0v) is 22.8. The number of aryl methyl sites for hydroxylation is 1. The van der Waals surface area contributed by atoms with Gasteiger partial charge in [-0.1, -0.05) is 0 Å². The summed E-state index contributed by atoms with van der Waals surface area (Å²) in [7, 11) is 3.48. The van der Waals surface area contributed by atoms with Crippen LogP contribution in [0.25, 0.3) is 5.70 Å². The van der Waals surface area contributed by atoms with Crippen LogP contribution in [0, 0.1) is 6.92 Å². The van der Waals surface area contributed by atoms with Crippen LogP contribution in [0.2, 0.25) is 0 Å². The molecule has 5 N–H and O–H groups in total. The number of nitrogens with one attached hydrogen (secondary N) is 1. The Hall–Kier alpha value is -4.56. The summed E-state index contributed by atoms with van der Waals surface area (Å²) in [5.74, 6) is 5.63. The summed E-state index contributed by atoms with van der Waals surface area (Å²) in [5.41, 5.74) is 8.74. The van der Waals surface area contributed by atoms with Crippen molar-refractivity contribution in [2.75, 3.05) is 55.6 Å². The molecule has 11 nitrogen and oxygen atoms in total. The van der Waals surface area contributed by atoms with Gasteiger partial charge in [0.1, 0.15) is 11.5 Å². The maximum atomic E-state index is 13.2. The van der Waals surface area contributed by atoms with E-state index in [1.54, 1.807) is 25.3 Å². The minimum atomic E-state index is -4.91. The average molecular weight is 573 g/mol. The molecule has 1 aromatic carbocycles. The van der Waals surface area contributed by atoms with Gasteiger partial charge in [0.05, 0.1) is 42.3 Å². The first kappa shape index (κ1) is 29.4. The van der Waals surface area contributed by atoms with Crippen molar-refractivity contribution in [3.8, 4) is 11.5 Å². The number of pyridine rings is 2. The summed E-state index contributed by atoms with van der Waals surface area (Å²) in [4.78, 5) is 25.6. The van der Waals surface area contributed by atoms with Crippen LogP contribution in [-0.4, -0.2) is 67.5 Å². The number of methoxy groups -OCH3 is 1. The number of hydrogen-bond donors (Lipinski definition) is 3. The van der Waals surface area contributed by atoms with Crippen molar-refractivity contribution in [3.63, 3.8) is 0 Å². The van der Waals surface area contributed by atoms with E-state index in [1.807, 2.05) is 11.9 Å². The molecule has 0 aliphatic carbocycles. The van der Waals surface area contributed by atoms with Crippen LogP contribution in [0.4, 0.5) is 30.2 Å². The van der Waals surface area contributed by atoms with E-state index in [1.165, 1.54) is 42.8 Å². The topological polar surface area (TPSA) is 135 Å². The molecule has 14 heteroatoms. The number of halogens is 3. The number of rotatable bonds is 8. The Morgan fingerprint density at radius 1 is 1.05 bits per heavy atom. The molecule has 0 radical (unpaired) electrons. The number of aromatic nitrogens is 2. The van der Waals surface area contributed by atoms with Gasteiger partial charge in [0.15, 0.2) is 0 Å². The Bertz CT molecular complexity index is 1430. The molecular formula is C27H31F3N8O3. The maximum absolute atomic E-state index is 13.2. The van der Waals surface area contributed by atoms with Gasteiger partial charge in [-0.15, -0.1) is 13.2 Å². The lowest BCUT2D eigenvalue weighted by molar-refractivity contribution is -0.274. The normalized spacial score (nSPS) is 14.5. The number of ether oxygens (including phenoxy) is 2. The van der Waals surface area contributed by atoms with Crippen molar-refractivity contribution in [2.45, 2.75) is 13.3 Å². The smallest absolute Gasteiger partial charge is 0.495 e. The molecule has 0 bridgehead atoms. The number of likely N-dealkylation sites (N-methyl/N-ethyl adjacent to an activating group) is 1. The lowest BCUT2D eigenvalue weighted by Crippen LogP contribution is -2.44. The lowest BCUT2D eigenvalue weighted by Gasteiger charge is -2.34. The minimum Gasteiger partial charge on any atom is -0.495 e. The van der Waals surface area contributed by atoms with Gasteiger partial charge in [-0.3, -0.25) is 19.8 Å². The quantitative estimate of drug-likeness (QED) is 0.273. The van der Waals surface area contributed by atoms with Crippen molar-refractivity contribution in [1.82, 2.24) is 14.9 Å². The molecule has 218 valence electrons. The Labute approximate surface area is 235 Å². The second-order valence-corrected chi connectivity index (χ2v) is 9.44. The number of carbonyl (C=O) groups is 1. The van der Waals surface area contributed by atoms with Gasteiger partial charge in [0, 0.05) is 61.5 Å². The molecule has 41 heavy (non-hydrogen) atoms. The zero-order valence-electron chi connectivity index (χ0n) is 22.8. The molecule has 2 aromatic heterocycles. The van der Waals surface area contributed by atoms with Crippen molar-refractivity contribution in [1.29, 1.82) is 0 Å². The molecule has 0 unspecified atom stereocenters. The van der Waals surface area contributed by atoms with Crippen LogP contribution in [-0.2, 0) is 0 Å². The van der Waals surface area contributed by atoms with E-state index in [-0.39, 0.29) is 11.3 Å². The molecule has 4 rings (SSSR count). The van der Waals surface area contributed by atoms with Gasteiger partial charge in [0.25, 0.3) is 5.91 Å². The van der Waals surface area contributed by atoms with Crippen LogP contribution in [0.3, 0.4) is 0 Å². The second-order valence-electron chi connectivity index (χ2n) is 9.44. The van der Waals surface area contributed by atoms with Gasteiger partial charge < -0.3 is 30.3 Å². The maximum Gasteiger partial charge on any atom is 0.573 e. The van der Waals surface area contributed by atoms with E-state index in [4.69, 9.17) is 16.3 Å². The standard InChI is InChI=1S/C27H31F3N8O3/c1-17-25(38(32)16-24(31)19-10-23(40-3)15-33-13-19)11-20(14-34-17)35-26(39)18-8-21(37-6-4-36(2)5-7-37)12-22(9-18)41-27(28,29)30/h8-16H,4-7,31-32H2,1-3H3,(H,35,39)/b24-16-. The van der Waals surface area contributed by atoms with Crippen LogP contribution >= 0.6 is 0 Å². The van der Waals surface area contributed by atoms with Crippen molar-refractivity contribution >= 4 is 28.7 Å². The summed E-state index contributed by atoms with van der Waals surface area (Å²) >= 11 is 0. The fraction of sp³-hybridized carbons (Fsp3) is 0.296. The zero-order chi connectivity index (χ0) is 29.7. The molecule has 1 aliphatic heterocycles. The predicted octanol–water partition coefficient (Wildman–Crippen LogP) is 3.33. The Morgan fingerprint density at radius 3 is 2.44 bits per heavy atom. The van der Waals surface area contributed by atoms with Crippen molar-refractivity contribution in [2.24, 2.45) is 11.6 Å². The highest BCUT2D eigenvalue weighted by Gasteiger charge is 2.32. The van der Waals surface area contributed by atoms with Gasteiger partial charge in [-0.2, -0.15) is 0 Å². The molecule has 0 spiro atoms. The molecule has 1 saturated heterocycles. The summed E-state index contributed by atoms with van der Waals surface area (Å²) in [6, 6.07) is 7.13. The van der Waals surface area contributed by atoms with E-state index >= 15 is 0 Å². The van der Waals surface area contributed by atoms with Crippen LogP contribution in [0.5, 0.6) is 11.5 Å². The van der Waals surface area contributed by atoms with E-state index in [2.05, 4.69) is 24.9 Å². The first-order chi connectivity index (χ1) is 19.4. The minimum absolute atomic E-state index is 0.0120. The predicted molar refractivity (Wildman–Crippen MR) is 149 cm³/mol. The first-order valence-corrected chi connectivity index (χ1v) is 12.5. The first-order valence-electron chi connectivity index (χ1n) is 12.5.